The second-order valence-corrected chi connectivity index (χ2v) is 7.72. The monoisotopic (exact) mass is 401 g/mol. The van der Waals surface area contributed by atoms with E-state index in [2.05, 4.69) is 9.82 Å². The minimum Gasteiger partial charge on any atom is -0.495 e. The summed E-state index contributed by atoms with van der Waals surface area (Å²) in [5.74, 6) is -1.19. The van der Waals surface area contributed by atoms with Crippen LogP contribution in [0.4, 0.5) is 5.69 Å². The lowest BCUT2D eigenvalue weighted by Crippen LogP contribution is -2.16. The number of aryl methyl sites for hydroxylation is 1. The van der Waals surface area contributed by atoms with Crippen LogP contribution in [0.1, 0.15) is 21.7 Å². The molecule has 2 aromatic carbocycles. The van der Waals surface area contributed by atoms with Crippen molar-refractivity contribution in [2.24, 2.45) is 0 Å². The molecule has 3 rings (SSSR count). The van der Waals surface area contributed by atoms with Gasteiger partial charge in [-0.15, -0.1) is 0 Å². The Morgan fingerprint density at radius 2 is 1.82 bits per heavy atom. The molecule has 0 atom stereocenters. The van der Waals surface area contributed by atoms with Gasteiger partial charge in [0, 0.05) is 0 Å². The lowest BCUT2D eigenvalue weighted by Gasteiger charge is -2.13. The molecule has 28 heavy (non-hydrogen) atoms. The lowest BCUT2D eigenvalue weighted by atomic mass is 10.2. The number of aromatic carboxylic acids is 1. The molecule has 0 spiro atoms. The standard InChI is InChI=1S/C19H19N3O5S/c1-12-18(13(2)22(20-12)15-7-5-4-6-8-15)21-28(25,26)17-11-14(19(23)24)9-10-16(17)27-3/h4-11,21H,1-3H3,(H,23,24). The maximum Gasteiger partial charge on any atom is 0.335 e. The molecule has 146 valence electrons. The van der Waals surface area contributed by atoms with Crippen LogP contribution in [-0.2, 0) is 10.0 Å². The Kier molecular flexibility index (Phi) is 5.10. The highest BCUT2D eigenvalue weighted by Crippen LogP contribution is 2.30. The van der Waals surface area contributed by atoms with E-state index in [9.17, 15) is 18.3 Å². The number of benzene rings is 2. The van der Waals surface area contributed by atoms with Gasteiger partial charge in [0.15, 0.2) is 0 Å². The molecule has 9 heteroatoms. The van der Waals surface area contributed by atoms with Crippen LogP contribution in [0, 0.1) is 13.8 Å². The molecule has 0 aliphatic heterocycles. The van der Waals surface area contributed by atoms with E-state index in [4.69, 9.17) is 4.74 Å². The predicted octanol–water partition coefficient (Wildman–Crippen LogP) is 3.00. The third-order valence-electron chi connectivity index (χ3n) is 4.23. The van der Waals surface area contributed by atoms with E-state index in [1.165, 1.54) is 19.2 Å². The van der Waals surface area contributed by atoms with Crippen LogP contribution >= 0.6 is 0 Å². The van der Waals surface area contributed by atoms with Crippen molar-refractivity contribution in [1.82, 2.24) is 9.78 Å². The number of carboxylic acid groups (broad SMARTS) is 1. The molecule has 0 bridgehead atoms. The fourth-order valence-electron chi connectivity index (χ4n) is 2.82. The molecular formula is C19H19N3O5S. The molecule has 8 nitrogen and oxygen atoms in total. The minimum absolute atomic E-state index is 0.0447. The Balaban J connectivity index is 2.06. The first-order valence-corrected chi connectivity index (χ1v) is 9.78. The molecule has 1 heterocycles. The summed E-state index contributed by atoms with van der Waals surface area (Å²) in [6.07, 6.45) is 0. The normalized spacial score (nSPS) is 11.2. The van der Waals surface area contributed by atoms with Crippen LogP contribution in [-0.4, -0.2) is 36.4 Å². The SMILES string of the molecule is COc1ccc(C(=O)O)cc1S(=O)(=O)Nc1c(C)nn(-c2ccccc2)c1C. The molecule has 0 unspecified atom stereocenters. The van der Waals surface area contributed by atoms with Gasteiger partial charge in [0.1, 0.15) is 10.6 Å². The first-order chi connectivity index (χ1) is 13.2. The highest BCUT2D eigenvalue weighted by atomic mass is 32.2. The second-order valence-electron chi connectivity index (χ2n) is 6.07. The van der Waals surface area contributed by atoms with Crippen LogP contribution in [0.3, 0.4) is 0 Å². The molecule has 2 N–H and O–H groups in total. The average molecular weight is 401 g/mol. The van der Waals surface area contributed by atoms with E-state index in [0.29, 0.717) is 17.1 Å². The third-order valence-corrected chi connectivity index (χ3v) is 5.60. The van der Waals surface area contributed by atoms with E-state index in [-0.39, 0.29) is 16.2 Å². The molecule has 0 saturated carbocycles. The van der Waals surface area contributed by atoms with Crippen molar-refractivity contribution in [2.75, 3.05) is 11.8 Å². The molecule has 0 fully saturated rings. The Hall–Kier alpha value is -3.33. The minimum atomic E-state index is -4.12. The van der Waals surface area contributed by atoms with Crippen molar-refractivity contribution in [3.63, 3.8) is 0 Å². The van der Waals surface area contributed by atoms with Crippen molar-refractivity contribution < 1.29 is 23.1 Å². The molecule has 0 radical (unpaired) electrons. The maximum absolute atomic E-state index is 13.0. The van der Waals surface area contributed by atoms with E-state index < -0.39 is 16.0 Å². The summed E-state index contributed by atoms with van der Waals surface area (Å²) in [5, 5.41) is 13.6. The van der Waals surface area contributed by atoms with Crippen molar-refractivity contribution in [1.29, 1.82) is 0 Å². The topological polar surface area (TPSA) is 111 Å². The van der Waals surface area contributed by atoms with Gasteiger partial charge in [-0.25, -0.2) is 17.9 Å². The smallest absolute Gasteiger partial charge is 0.335 e. The van der Waals surface area contributed by atoms with Crippen molar-refractivity contribution in [2.45, 2.75) is 18.7 Å². The number of methoxy groups -OCH3 is 1. The van der Waals surface area contributed by atoms with Gasteiger partial charge in [0.05, 0.1) is 35.4 Å². The van der Waals surface area contributed by atoms with Crippen LogP contribution in [0.25, 0.3) is 5.69 Å². The highest BCUT2D eigenvalue weighted by Gasteiger charge is 2.25. The van der Waals surface area contributed by atoms with Crippen LogP contribution in [0.15, 0.2) is 53.4 Å². The fraction of sp³-hybridized carbons (Fsp3) is 0.158. The van der Waals surface area contributed by atoms with E-state index in [0.717, 1.165) is 11.8 Å². The van der Waals surface area contributed by atoms with Gasteiger partial charge in [-0.3, -0.25) is 4.72 Å². The summed E-state index contributed by atoms with van der Waals surface area (Å²) in [6.45, 7) is 3.44. The number of anilines is 1. The molecule has 1 aromatic heterocycles. The Morgan fingerprint density at radius 3 is 2.43 bits per heavy atom. The molecular weight excluding hydrogens is 382 g/mol. The van der Waals surface area contributed by atoms with Crippen LogP contribution in [0.2, 0.25) is 0 Å². The van der Waals surface area contributed by atoms with Gasteiger partial charge >= 0.3 is 5.97 Å². The van der Waals surface area contributed by atoms with Gasteiger partial charge in [-0.05, 0) is 44.2 Å². The second kappa shape index (κ2) is 7.35. The number of para-hydroxylation sites is 1. The number of hydrogen-bond acceptors (Lipinski definition) is 5. The Morgan fingerprint density at radius 1 is 1.14 bits per heavy atom. The van der Waals surface area contributed by atoms with Gasteiger partial charge in [0.2, 0.25) is 0 Å². The molecule has 0 aliphatic carbocycles. The predicted molar refractivity (Wildman–Crippen MR) is 104 cm³/mol. The van der Waals surface area contributed by atoms with Crippen molar-refractivity contribution in [3.8, 4) is 11.4 Å². The zero-order valence-corrected chi connectivity index (χ0v) is 16.3. The third kappa shape index (κ3) is 3.56. The number of ether oxygens (including phenoxy) is 1. The molecule has 0 saturated heterocycles. The Labute approximate surface area is 162 Å². The highest BCUT2D eigenvalue weighted by molar-refractivity contribution is 7.92. The first-order valence-electron chi connectivity index (χ1n) is 8.30. The number of hydrogen-bond donors (Lipinski definition) is 2. The van der Waals surface area contributed by atoms with E-state index in [1.807, 2.05) is 30.3 Å². The first kappa shape index (κ1) is 19.4. The van der Waals surface area contributed by atoms with Crippen LogP contribution in [0.5, 0.6) is 5.75 Å². The number of carboxylic acids is 1. The summed E-state index contributed by atoms with van der Waals surface area (Å²) in [7, 11) is -2.80. The van der Waals surface area contributed by atoms with Gasteiger partial charge in [-0.2, -0.15) is 5.10 Å². The van der Waals surface area contributed by atoms with E-state index >= 15 is 0 Å². The summed E-state index contributed by atoms with van der Waals surface area (Å²) >= 11 is 0. The largest absolute Gasteiger partial charge is 0.495 e. The number of sulfonamides is 1. The molecule has 0 amide bonds. The van der Waals surface area contributed by atoms with Crippen molar-refractivity contribution >= 4 is 21.7 Å². The summed E-state index contributed by atoms with van der Waals surface area (Å²) in [4.78, 5) is 11.0. The zero-order valence-electron chi connectivity index (χ0n) is 15.5. The number of nitrogens with one attached hydrogen (secondary N) is 1. The lowest BCUT2D eigenvalue weighted by molar-refractivity contribution is 0.0696. The number of nitrogens with zero attached hydrogens (tertiary/aromatic N) is 2. The summed E-state index contributed by atoms with van der Waals surface area (Å²) in [5.41, 5.74) is 2.04. The van der Waals surface area contributed by atoms with E-state index in [1.54, 1.807) is 18.5 Å². The summed E-state index contributed by atoms with van der Waals surface area (Å²) in [6, 6.07) is 13.0. The Bertz CT molecular complexity index is 1140. The van der Waals surface area contributed by atoms with Gasteiger partial charge in [-0.1, -0.05) is 18.2 Å². The number of rotatable bonds is 6. The van der Waals surface area contributed by atoms with Gasteiger partial charge < -0.3 is 9.84 Å². The summed E-state index contributed by atoms with van der Waals surface area (Å²) < 4.78 is 35.2. The molecule has 0 aliphatic rings. The number of aromatic nitrogens is 2. The molecule has 3 aromatic rings. The van der Waals surface area contributed by atoms with Gasteiger partial charge in [0.25, 0.3) is 10.0 Å². The zero-order chi connectivity index (χ0) is 20.5. The van der Waals surface area contributed by atoms with Crippen LogP contribution < -0.4 is 9.46 Å². The quantitative estimate of drug-likeness (QED) is 0.657. The average Bonchev–Trinajstić information content (AvgIpc) is 2.96. The fourth-order valence-corrected chi connectivity index (χ4v) is 4.19. The number of carbonyl (C=O) groups is 1. The maximum atomic E-state index is 13.0. The van der Waals surface area contributed by atoms with Crippen molar-refractivity contribution in [3.05, 3.63) is 65.5 Å².